The van der Waals surface area contributed by atoms with Gasteiger partial charge in [-0.1, -0.05) is 35.9 Å². The average Bonchev–Trinajstić information content (AvgIpc) is 2.97. The Labute approximate surface area is 128 Å². The average molecular weight is 302 g/mol. The Bertz CT molecular complexity index is 657. The van der Waals surface area contributed by atoms with Crippen LogP contribution in [0.25, 0.3) is 0 Å². The number of nitrogens with zero attached hydrogens (tertiary/aromatic N) is 3. The van der Waals surface area contributed by atoms with Gasteiger partial charge < -0.3 is 4.90 Å². The van der Waals surface area contributed by atoms with Crippen molar-refractivity contribution in [2.75, 3.05) is 6.54 Å². The van der Waals surface area contributed by atoms with Crippen molar-refractivity contribution in [1.29, 1.82) is 0 Å². The maximum Gasteiger partial charge on any atom is 0.274 e. The quantitative estimate of drug-likeness (QED) is 0.854. The first-order chi connectivity index (χ1) is 10.2. The first-order valence-electron chi connectivity index (χ1n) is 7.01. The predicted octanol–water partition coefficient (Wildman–Crippen LogP) is 3.42. The molecule has 0 aliphatic carbocycles. The van der Waals surface area contributed by atoms with Crippen molar-refractivity contribution in [3.8, 4) is 0 Å². The number of aryl methyl sites for hydroxylation is 1. The van der Waals surface area contributed by atoms with E-state index in [0.29, 0.717) is 10.8 Å². The van der Waals surface area contributed by atoms with Crippen molar-refractivity contribution in [2.24, 2.45) is 0 Å². The van der Waals surface area contributed by atoms with Gasteiger partial charge in [-0.25, -0.2) is 9.97 Å². The van der Waals surface area contributed by atoms with E-state index < -0.39 is 0 Å². The van der Waals surface area contributed by atoms with Gasteiger partial charge in [0.1, 0.15) is 10.8 Å². The van der Waals surface area contributed by atoms with E-state index in [9.17, 15) is 4.79 Å². The van der Waals surface area contributed by atoms with Crippen LogP contribution in [-0.2, 0) is 0 Å². The number of benzene rings is 1. The highest BCUT2D eigenvalue weighted by Crippen LogP contribution is 2.34. The zero-order chi connectivity index (χ0) is 14.8. The number of carbonyl (C=O) groups is 1. The molecule has 1 aliphatic heterocycles. The molecule has 5 heteroatoms. The molecule has 0 bridgehead atoms. The van der Waals surface area contributed by atoms with Crippen molar-refractivity contribution < 1.29 is 4.79 Å². The minimum absolute atomic E-state index is 0.0788. The molecule has 1 aromatic heterocycles. The SMILES string of the molecule is Cc1ccccc1C1CCCN1C(=O)c1cnc(Cl)cn1. The first kappa shape index (κ1) is 14.0. The van der Waals surface area contributed by atoms with E-state index in [0.717, 1.165) is 19.4 Å². The van der Waals surface area contributed by atoms with Gasteiger partial charge in [0.05, 0.1) is 18.4 Å². The van der Waals surface area contributed by atoms with Crippen LogP contribution in [0.3, 0.4) is 0 Å². The number of halogens is 1. The van der Waals surface area contributed by atoms with Crippen molar-refractivity contribution in [3.63, 3.8) is 0 Å². The van der Waals surface area contributed by atoms with Crippen LogP contribution in [0.1, 0.15) is 40.5 Å². The van der Waals surface area contributed by atoms with E-state index in [1.807, 2.05) is 17.0 Å². The largest absolute Gasteiger partial charge is 0.330 e. The van der Waals surface area contributed by atoms with Crippen molar-refractivity contribution >= 4 is 17.5 Å². The van der Waals surface area contributed by atoms with Crippen LogP contribution in [0.2, 0.25) is 5.15 Å². The maximum atomic E-state index is 12.6. The lowest BCUT2D eigenvalue weighted by Crippen LogP contribution is -2.31. The fourth-order valence-electron chi connectivity index (χ4n) is 2.86. The third-order valence-corrected chi connectivity index (χ3v) is 4.10. The lowest BCUT2D eigenvalue weighted by atomic mass is 9.99. The summed E-state index contributed by atoms with van der Waals surface area (Å²) in [6, 6.07) is 8.34. The summed E-state index contributed by atoms with van der Waals surface area (Å²) >= 11 is 5.72. The number of hydrogen-bond donors (Lipinski definition) is 0. The summed E-state index contributed by atoms with van der Waals surface area (Å²) in [6.07, 6.45) is 4.84. The molecule has 0 radical (unpaired) electrons. The highest BCUT2D eigenvalue weighted by Gasteiger charge is 2.31. The van der Waals surface area contributed by atoms with Gasteiger partial charge in [-0.15, -0.1) is 0 Å². The molecule has 3 rings (SSSR count). The molecular formula is C16H16ClN3O. The second kappa shape index (κ2) is 5.82. The molecule has 1 amide bonds. The summed E-state index contributed by atoms with van der Waals surface area (Å²) < 4.78 is 0. The summed E-state index contributed by atoms with van der Waals surface area (Å²) in [5.41, 5.74) is 2.77. The second-order valence-electron chi connectivity index (χ2n) is 5.24. The zero-order valence-corrected chi connectivity index (χ0v) is 12.5. The van der Waals surface area contributed by atoms with Crippen LogP contribution >= 0.6 is 11.6 Å². The van der Waals surface area contributed by atoms with E-state index in [1.54, 1.807) is 0 Å². The molecule has 1 atom stereocenters. The Morgan fingerprint density at radius 1 is 1.29 bits per heavy atom. The molecule has 0 saturated carbocycles. The maximum absolute atomic E-state index is 12.6. The van der Waals surface area contributed by atoms with Gasteiger partial charge in [0, 0.05) is 6.54 Å². The lowest BCUT2D eigenvalue weighted by Gasteiger charge is -2.25. The number of amides is 1. The number of hydrogen-bond acceptors (Lipinski definition) is 3. The standard InChI is InChI=1S/C16H16ClN3O/c1-11-5-2-3-6-12(11)14-7-4-8-20(14)16(21)13-9-19-15(17)10-18-13/h2-3,5-6,9-10,14H,4,7-8H2,1H3. The summed E-state index contributed by atoms with van der Waals surface area (Å²) in [7, 11) is 0. The molecule has 1 unspecified atom stereocenters. The van der Waals surface area contributed by atoms with Crippen LogP contribution in [0, 0.1) is 6.92 Å². The molecule has 0 spiro atoms. The molecule has 2 heterocycles. The van der Waals surface area contributed by atoms with E-state index >= 15 is 0 Å². The smallest absolute Gasteiger partial charge is 0.274 e. The number of aromatic nitrogens is 2. The van der Waals surface area contributed by atoms with Crippen LogP contribution < -0.4 is 0 Å². The minimum atomic E-state index is -0.0788. The monoisotopic (exact) mass is 301 g/mol. The molecule has 4 nitrogen and oxygen atoms in total. The fraction of sp³-hybridized carbons (Fsp3) is 0.312. The third-order valence-electron chi connectivity index (χ3n) is 3.90. The Morgan fingerprint density at radius 2 is 2.10 bits per heavy atom. The minimum Gasteiger partial charge on any atom is -0.330 e. The Balaban J connectivity index is 1.89. The number of carbonyl (C=O) groups excluding carboxylic acids is 1. The molecule has 1 aliphatic rings. The van der Waals surface area contributed by atoms with Crippen molar-refractivity contribution in [3.05, 3.63) is 58.6 Å². The van der Waals surface area contributed by atoms with Crippen LogP contribution in [-0.4, -0.2) is 27.3 Å². The van der Waals surface area contributed by atoms with Gasteiger partial charge in [-0.3, -0.25) is 4.79 Å². The summed E-state index contributed by atoms with van der Waals surface area (Å²) in [5, 5.41) is 0.295. The van der Waals surface area contributed by atoms with Gasteiger partial charge in [-0.2, -0.15) is 0 Å². The highest BCUT2D eigenvalue weighted by atomic mass is 35.5. The van der Waals surface area contributed by atoms with Crippen LogP contribution in [0.5, 0.6) is 0 Å². The summed E-state index contributed by atoms with van der Waals surface area (Å²) in [4.78, 5) is 22.6. The molecule has 21 heavy (non-hydrogen) atoms. The zero-order valence-electron chi connectivity index (χ0n) is 11.8. The van der Waals surface area contributed by atoms with E-state index in [-0.39, 0.29) is 11.9 Å². The molecular weight excluding hydrogens is 286 g/mol. The van der Waals surface area contributed by atoms with Gasteiger partial charge >= 0.3 is 0 Å². The predicted molar refractivity (Wildman–Crippen MR) is 81.2 cm³/mol. The van der Waals surface area contributed by atoms with E-state index in [4.69, 9.17) is 11.6 Å². The Morgan fingerprint density at radius 3 is 2.81 bits per heavy atom. The van der Waals surface area contributed by atoms with E-state index in [2.05, 4.69) is 29.0 Å². The normalized spacial score (nSPS) is 18.0. The van der Waals surface area contributed by atoms with Gasteiger partial charge in [0.2, 0.25) is 0 Å². The third kappa shape index (κ3) is 2.76. The van der Waals surface area contributed by atoms with Gasteiger partial charge in [0.15, 0.2) is 0 Å². The van der Waals surface area contributed by atoms with Crippen molar-refractivity contribution in [1.82, 2.24) is 14.9 Å². The number of rotatable bonds is 2. The summed E-state index contributed by atoms with van der Waals surface area (Å²) in [5.74, 6) is -0.0788. The molecule has 108 valence electrons. The molecule has 0 N–H and O–H groups in total. The molecule has 1 saturated heterocycles. The molecule has 1 fully saturated rings. The molecule has 2 aromatic rings. The highest BCUT2D eigenvalue weighted by molar-refractivity contribution is 6.29. The van der Waals surface area contributed by atoms with Gasteiger partial charge in [-0.05, 0) is 30.9 Å². The molecule has 1 aromatic carbocycles. The first-order valence-corrected chi connectivity index (χ1v) is 7.38. The van der Waals surface area contributed by atoms with Gasteiger partial charge in [0.25, 0.3) is 5.91 Å². The van der Waals surface area contributed by atoms with Crippen LogP contribution in [0.4, 0.5) is 0 Å². The lowest BCUT2D eigenvalue weighted by molar-refractivity contribution is 0.0729. The van der Waals surface area contributed by atoms with E-state index in [1.165, 1.54) is 23.5 Å². The Hall–Kier alpha value is -1.94. The van der Waals surface area contributed by atoms with Crippen LogP contribution in [0.15, 0.2) is 36.7 Å². The second-order valence-corrected chi connectivity index (χ2v) is 5.62. The topological polar surface area (TPSA) is 46.1 Å². The fourth-order valence-corrected chi connectivity index (χ4v) is 2.96. The number of likely N-dealkylation sites (tertiary alicyclic amines) is 1. The van der Waals surface area contributed by atoms with Crippen molar-refractivity contribution in [2.45, 2.75) is 25.8 Å². The Kier molecular flexibility index (Phi) is 3.88. The summed E-state index contributed by atoms with van der Waals surface area (Å²) in [6.45, 7) is 2.83.